The number of aliphatic hydroxyl groups is 3. The van der Waals surface area contributed by atoms with Gasteiger partial charge in [0.05, 0.1) is 29.8 Å². The summed E-state index contributed by atoms with van der Waals surface area (Å²) < 4.78 is 36.6. The van der Waals surface area contributed by atoms with Gasteiger partial charge in [-0.25, -0.2) is 4.79 Å². The number of ether oxygens (including phenoxy) is 6. The first kappa shape index (κ1) is 43.3. The van der Waals surface area contributed by atoms with Gasteiger partial charge in [0.2, 0.25) is 0 Å². The maximum atomic E-state index is 14.1. The number of esters is 1. The summed E-state index contributed by atoms with van der Waals surface area (Å²) >= 11 is 0. The zero-order valence-electron chi connectivity index (χ0n) is 31.6. The highest BCUT2D eigenvalue weighted by molar-refractivity contribution is 5.83. The van der Waals surface area contributed by atoms with Crippen molar-refractivity contribution in [3.05, 3.63) is 0 Å². The third kappa shape index (κ3) is 10.3. The predicted octanol–water partition coefficient (Wildman–Crippen LogP) is 2.28. The van der Waals surface area contributed by atoms with Crippen molar-refractivity contribution >= 4 is 17.8 Å². The Balaban J connectivity index is 2.77. The van der Waals surface area contributed by atoms with Crippen LogP contribution in [0.15, 0.2) is 0 Å². The monoisotopic (exact) mass is 704 g/mol. The van der Waals surface area contributed by atoms with Gasteiger partial charge in [0.25, 0.3) is 0 Å². The van der Waals surface area contributed by atoms with Crippen molar-refractivity contribution in [2.75, 3.05) is 41.5 Å². The Morgan fingerprint density at radius 2 is 1.69 bits per heavy atom. The first-order valence-corrected chi connectivity index (χ1v) is 17.6. The lowest BCUT2D eigenvalue weighted by Crippen LogP contribution is -2.61. The van der Waals surface area contributed by atoms with Crippen molar-refractivity contribution in [1.82, 2.24) is 10.2 Å². The lowest BCUT2D eigenvalue weighted by atomic mass is 9.73. The number of likely N-dealkylation sites (N-methyl/N-ethyl adjacent to an activating group) is 1. The lowest BCUT2D eigenvalue weighted by Gasteiger charge is -2.48. The van der Waals surface area contributed by atoms with Crippen molar-refractivity contribution in [1.29, 1.82) is 0 Å². The van der Waals surface area contributed by atoms with Crippen molar-refractivity contribution in [3.8, 4) is 0 Å². The third-order valence-corrected chi connectivity index (χ3v) is 10.5. The Bertz CT molecular complexity index is 1080. The molecule has 2 saturated heterocycles. The van der Waals surface area contributed by atoms with E-state index in [1.54, 1.807) is 41.5 Å². The quantitative estimate of drug-likeness (QED) is 0.192. The molecule has 0 radical (unpaired) electrons. The third-order valence-electron chi connectivity index (χ3n) is 10.5. The Kier molecular flexibility index (Phi) is 16.4. The number of methoxy groups -OCH3 is 2. The first-order chi connectivity index (χ1) is 22.8. The number of hydrogen-bond donors (Lipinski definition) is 4. The van der Waals surface area contributed by atoms with Crippen LogP contribution in [0.1, 0.15) is 81.1 Å². The molecule has 14 heteroatoms. The standard InChI is InChI=1S/C35H64N2O12/c1-13-25-35(8,43)30(44-11)21(4)26(39)19(2)18-34(7,45-12)29(49-32-27(40)24(37(9)10)17-20(3)46-32)22(5)28(23(6)31(41)47-25)48-33(42)36-15-14-16-38/h19-25,27-30,32,38,40,43H,13-18H2,1-12H3,(H,36,42)/t19-,20-,21-,22+,23-,24+,25-,27-,28+,29-,30-,32+,34-,35-/m1/s1. The van der Waals surface area contributed by atoms with E-state index in [0.29, 0.717) is 12.8 Å². The van der Waals surface area contributed by atoms with E-state index in [1.165, 1.54) is 21.1 Å². The van der Waals surface area contributed by atoms with Crippen LogP contribution in [0.4, 0.5) is 4.79 Å². The molecule has 2 heterocycles. The van der Waals surface area contributed by atoms with Gasteiger partial charge in [-0.1, -0.05) is 27.7 Å². The minimum atomic E-state index is -1.76. The molecule has 0 unspecified atom stereocenters. The summed E-state index contributed by atoms with van der Waals surface area (Å²) in [6.45, 7) is 13.6. The molecule has 0 aliphatic carbocycles. The first-order valence-electron chi connectivity index (χ1n) is 17.6. The van der Waals surface area contributed by atoms with Crippen LogP contribution < -0.4 is 5.32 Å². The molecule has 2 rings (SSSR count). The average Bonchev–Trinajstić information content (AvgIpc) is 3.04. The average molecular weight is 705 g/mol. The molecular weight excluding hydrogens is 640 g/mol. The SMILES string of the molecule is CC[C@H]1OC(=O)[C@H](C)[C@@H](OC(=O)NCCCO)[C@H](C)[C@@H](O[C@@H]2O[C@H](C)C[C@H](N(C)C)[C@H]2O)[C@](C)(OC)C[C@@H](C)C(=O)[C@@H](C)[C@@H](OC)[C@]1(C)O. The summed E-state index contributed by atoms with van der Waals surface area (Å²) in [6.07, 6.45) is -6.38. The van der Waals surface area contributed by atoms with E-state index in [0.717, 1.165) is 0 Å². The van der Waals surface area contributed by atoms with Crippen LogP contribution >= 0.6 is 0 Å². The smallest absolute Gasteiger partial charge is 0.407 e. The number of ketones is 1. The van der Waals surface area contributed by atoms with Gasteiger partial charge in [0, 0.05) is 51.2 Å². The molecule has 286 valence electrons. The van der Waals surface area contributed by atoms with E-state index >= 15 is 0 Å². The zero-order chi connectivity index (χ0) is 37.4. The van der Waals surface area contributed by atoms with E-state index < -0.39 is 83.7 Å². The number of carbonyl (C=O) groups is 3. The molecule has 4 N–H and O–H groups in total. The molecule has 2 aliphatic heterocycles. The number of hydrogen-bond acceptors (Lipinski definition) is 13. The van der Waals surface area contributed by atoms with Crippen molar-refractivity contribution in [2.24, 2.45) is 23.7 Å². The van der Waals surface area contributed by atoms with Gasteiger partial charge >= 0.3 is 12.1 Å². The van der Waals surface area contributed by atoms with E-state index in [9.17, 15) is 29.7 Å². The minimum absolute atomic E-state index is 0.126. The molecule has 0 aromatic rings. The number of rotatable bonds is 10. The van der Waals surface area contributed by atoms with Crippen molar-refractivity contribution < 1.29 is 58.1 Å². The highest BCUT2D eigenvalue weighted by atomic mass is 16.7. The van der Waals surface area contributed by atoms with Gasteiger partial charge in [-0.15, -0.1) is 0 Å². The minimum Gasteiger partial charge on any atom is -0.459 e. The molecule has 1 amide bonds. The fraction of sp³-hybridized carbons (Fsp3) is 0.914. The lowest BCUT2D eigenvalue weighted by molar-refractivity contribution is -0.301. The molecule has 14 nitrogen and oxygen atoms in total. The largest absolute Gasteiger partial charge is 0.459 e. The van der Waals surface area contributed by atoms with Crippen molar-refractivity contribution in [2.45, 2.75) is 141 Å². The van der Waals surface area contributed by atoms with Gasteiger partial charge in [0.1, 0.15) is 29.7 Å². The summed E-state index contributed by atoms with van der Waals surface area (Å²) in [7, 11) is 6.61. The van der Waals surface area contributed by atoms with E-state index in [-0.39, 0.29) is 43.9 Å². The highest BCUT2D eigenvalue weighted by Gasteiger charge is 2.53. The summed E-state index contributed by atoms with van der Waals surface area (Å²) in [5.74, 6) is -4.29. The Morgan fingerprint density at radius 3 is 2.22 bits per heavy atom. The van der Waals surface area contributed by atoms with Gasteiger partial charge in [-0.3, -0.25) is 9.59 Å². The maximum absolute atomic E-state index is 14.1. The number of nitrogens with one attached hydrogen (secondary N) is 1. The van der Waals surface area contributed by atoms with E-state index in [1.807, 2.05) is 25.9 Å². The molecule has 0 saturated carbocycles. The molecule has 14 atom stereocenters. The number of Topliss-reactive ketones (excluding diaryl/α,β-unsaturated/α-hetero) is 1. The number of amides is 1. The molecule has 2 fully saturated rings. The summed E-state index contributed by atoms with van der Waals surface area (Å²) in [5, 5.41) is 35.1. The number of aliphatic hydroxyl groups excluding tert-OH is 2. The molecular formula is C35H64N2O12. The molecule has 0 spiro atoms. The Morgan fingerprint density at radius 1 is 1.06 bits per heavy atom. The Hall–Kier alpha value is -1.91. The van der Waals surface area contributed by atoms with E-state index in [2.05, 4.69) is 5.32 Å². The molecule has 0 bridgehead atoms. The van der Waals surface area contributed by atoms with Crippen molar-refractivity contribution in [3.63, 3.8) is 0 Å². The van der Waals surface area contributed by atoms with Gasteiger partial charge < -0.3 is 54.0 Å². The van der Waals surface area contributed by atoms with Gasteiger partial charge in [0.15, 0.2) is 6.29 Å². The van der Waals surface area contributed by atoms with E-state index in [4.69, 9.17) is 28.4 Å². The number of nitrogens with zero attached hydrogens (tertiary/aromatic N) is 1. The maximum Gasteiger partial charge on any atom is 0.407 e. The second-order valence-corrected chi connectivity index (χ2v) is 14.7. The predicted molar refractivity (Wildman–Crippen MR) is 181 cm³/mol. The fourth-order valence-electron chi connectivity index (χ4n) is 7.65. The normalized spacial score (nSPS) is 41.6. The molecule has 2 aliphatic rings. The zero-order valence-corrected chi connectivity index (χ0v) is 31.6. The van der Waals surface area contributed by atoms with Crippen LogP contribution in [0.2, 0.25) is 0 Å². The summed E-state index contributed by atoms with van der Waals surface area (Å²) in [6, 6.07) is -0.291. The van der Waals surface area contributed by atoms with Crippen LogP contribution in [0.5, 0.6) is 0 Å². The molecule has 0 aromatic carbocycles. The van der Waals surface area contributed by atoms with Gasteiger partial charge in [-0.2, -0.15) is 0 Å². The second kappa shape index (κ2) is 18.5. The molecule has 49 heavy (non-hydrogen) atoms. The van der Waals surface area contributed by atoms with Crippen LogP contribution in [0.25, 0.3) is 0 Å². The fourth-order valence-corrected chi connectivity index (χ4v) is 7.65. The number of alkyl carbamates (subject to hydrolysis) is 1. The van der Waals surface area contributed by atoms with Crippen LogP contribution in [0.3, 0.4) is 0 Å². The summed E-state index contributed by atoms with van der Waals surface area (Å²) in [5.41, 5.74) is -3.02. The number of carbonyl (C=O) groups excluding carboxylic acids is 3. The molecule has 0 aromatic heterocycles. The highest BCUT2D eigenvalue weighted by Crippen LogP contribution is 2.40. The van der Waals surface area contributed by atoms with Crippen LogP contribution in [-0.2, 0) is 38.0 Å². The summed E-state index contributed by atoms with van der Waals surface area (Å²) in [4.78, 5) is 43.0. The van der Waals surface area contributed by atoms with Crippen LogP contribution in [0, 0.1) is 23.7 Å². The number of cyclic esters (lactones) is 1. The topological polar surface area (TPSA) is 183 Å². The van der Waals surface area contributed by atoms with Crippen LogP contribution in [-0.4, -0.2) is 140 Å². The second-order valence-electron chi connectivity index (χ2n) is 14.7. The Labute approximate surface area is 292 Å². The van der Waals surface area contributed by atoms with Gasteiger partial charge in [-0.05, 0) is 67.5 Å².